The zero-order valence-corrected chi connectivity index (χ0v) is 19.7. The topological polar surface area (TPSA) is 131 Å². The minimum atomic E-state index is -5.08. The molecule has 0 saturated carbocycles. The first-order valence-corrected chi connectivity index (χ1v) is 12.3. The number of nitrogens with one attached hydrogen (secondary N) is 1. The van der Waals surface area contributed by atoms with Gasteiger partial charge in [0.2, 0.25) is 10.0 Å². The number of halogens is 3. The molecule has 0 aliphatic carbocycles. The molecule has 4 aromatic rings. The summed E-state index contributed by atoms with van der Waals surface area (Å²) >= 11 is 1.46. The highest BCUT2D eigenvalue weighted by molar-refractivity contribution is 7.92. The number of aryl methyl sites for hydroxylation is 1. The van der Waals surface area contributed by atoms with Crippen LogP contribution >= 0.6 is 11.3 Å². The number of hydrogen-bond acceptors (Lipinski definition) is 7. The summed E-state index contributed by atoms with van der Waals surface area (Å²) in [5.74, 6) is -2.76. The van der Waals surface area contributed by atoms with Crippen LogP contribution in [0.5, 0.6) is 0 Å². The molecular weight excluding hydrogens is 509 g/mol. The Kier molecular flexibility index (Phi) is 7.26. The van der Waals surface area contributed by atoms with Crippen LogP contribution in [-0.4, -0.2) is 46.7 Å². The summed E-state index contributed by atoms with van der Waals surface area (Å²) in [7, 11) is -1.71. The fourth-order valence-electron chi connectivity index (χ4n) is 2.99. The summed E-state index contributed by atoms with van der Waals surface area (Å²) in [5, 5.41) is 14.1. The van der Waals surface area contributed by atoms with Crippen molar-refractivity contribution in [1.82, 2.24) is 14.8 Å². The first-order valence-electron chi connectivity index (χ1n) is 9.55. The highest BCUT2D eigenvalue weighted by atomic mass is 32.2. The van der Waals surface area contributed by atoms with Gasteiger partial charge in [-0.05, 0) is 29.8 Å². The number of anilines is 1. The summed E-state index contributed by atoms with van der Waals surface area (Å²) in [6.07, 6.45) is -0.601. The van der Waals surface area contributed by atoms with Crippen molar-refractivity contribution in [2.24, 2.45) is 7.05 Å². The number of nitrogens with zero attached hydrogens (tertiary/aromatic N) is 3. The second kappa shape index (κ2) is 9.84. The largest absolute Gasteiger partial charge is 0.490 e. The first-order chi connectivity index (χ1) is 16.3. The van der Waals surface area contributed by atoms with Crippen LogP contribution in [0.1, 0.15) is 0 Å². The van der Waals surface area contributed by atoms with Gasteiger partial charge in [-0.1, -0.05) is 12.1 Å². The lowest BCUT2D eigenvalue weighted by Gasteiger charge is -2.07. The summed E-state index contributed by atoms with van der Waals surface area (Å²) in [4.78, 5) is 25.8. The lowest BCUT2D eigenvalue weighted by molar-refractivity contribution is -0.192. The van der Waals surface area contributed by atoms with Crippen LogP contribution in [0.25, 0.3) is 32.5 Å². The Labute approximate surface area is 200 Å². The number of carboxylic acid groups (broad SMARTS) is 1. The van der Waals surface area contributed by atoms with Crippen LogP contribution in [0.2, 0.25) is 0 Å². The molecule has 4 rings (SSSR count). The van der Waals surface area contributed by atoms with Crippen molar-refractivity contribution in [2.45, 2.75) is 6.18 Å². The van der Waals surface area contributed by atoms with Gasteiger partial charge in [-0.3, -0.25) is 14.5 Å². The van der Waals surface area contributed by atoms with Crippen molar-refractivity contribution in [1.29, 1.82) is 0 Å². The Hall–Kier alpha value is -3.78. The average molecular weight is 527 g/mol. The lowest BCUT2D eigenvalue weighted by Crippen LogP contribution is -2.21. The molecular formula is C21H17F3N4O5S2. The Morgan fingerprint density at radius 2 is 1.66 bits per heavy atom. The summed E-state index contributed by atoms with van der Waals surface area (Å²) < 4.78 is 59.1. The van der Waals surface area contributed by atoms with Gasteiger partial charge in [-0.15, -0.1) is 11.3 Å². The summed E-state index contributed by atoms with van der Waals surface area (Å²) in [6, 6.07) is 10.7. The second-order valence-electron chi connectivity index (χ2n) is 7.12. The Bertz CT molecular complexity index is 1530. The van der Waals surface area contributed by atoms with Gasteiger partial charge in [-0.25, -0.2) is 17.9 Å². The van der Waals surface area contributed by atoms with E-state index in [1.165, 1.54) is 16.0 Å². The van der Waals surface area contributed by atoms with E-state index in [1.54, 1.807) is 43.7 Å². The fraction of sp³-hybridized carbons (Fsp3) is 0.143. The third-order valence-electron chi connectivity index (χ3n) is 4.46. The van der Waals surface area contributed by atoms with Gasteiger partial charge in [-0.2, -0.15) is 18.3 Å². The molecule has 0 radical (unpaired) electrons. The lowest BCUT2D eigenvalue weighted by atomic mass is 10.0. The number of aliphatic carboxylic acids is 1. The maximum atomic E-state index is 12.8. The van der Waals surface area contributed by atoms with Crippen molar-refractivity contribution >= 4 is 43.1 Å². The zero-order chi connectivity index (χ0) is 26.0. The van der Waals surface area contributed by atoms with Gasteiger partial charge in [0.05, 0.1) is 16.3 Å². The van der Waals surface area contributed by atoms with Crippen molar-refractivity contribution in [3.63, 3.8) is 0 Å². The van der Waals surface area contributed by atoms with Gasteiger partial charge in [0.25, 0.3) is 5.56 Å². The van der Waals surface area contributed by atoms with Crippen LogP contribution < -0.4 is 10.3 Å². The molecule has 0 fully saturated rings. The third-order valence-corrected chi connectivity index (χ3v) is 6.05. The standard InChI is InChI=1S/C19H16N4O3S2.C2HF3O2/c1-23-19(24)16-15(12-3-5-14(6-4-12)22-28(2,25)26)11-27-18(16)17(21-23)13-7-9-20-10-8-13;3-2(4,5)1(6)7/h3-11,22H,1-2H3;(H,6,7). The van der Waals surface area contributed by atoms with Crippen molar-refractivity contribution < 1.29 is 31.5 Å². The summed E-state index contributed by atoms with van der Waals surface area (Å²) in [5.41, 5.74) is 3.53. The SMILES string of the molecule is Cn1nc(-c2ccncc2)c2scc(-c3ccc(NS(C)(=O)=O)cc3)c2c1=O.O=C(O)C(F)(F)F. The zero-order valence-electron chi connectivity index (χ0n) is 18.1. The molecule has 3 aromatic heterocycles. The van der Waals surface area contributed by atoms with Crippen molar-refractivity contribution in [2.75, 3.05) is 11.0 Å². The number of sulfonamides is 1. The van der Waals surface area contributed by atoms with E-state index in [0.29, 0.717) is 11.1 Å². The molecule has 1 aromatic carbocycles. The van der Waals surface area contributed by atoms with Gasteiger partial charge in [0, 0.05) is 41.6 Å². The van der Waals surface area contributed by atoms with Crippen LogP contribution in [0.3, 0.4) is 0 Å². The predicted octanol–water partition coefficient (Wildman–Crippen LogP) is 3.73. The minimum absolute atomic E-state index is 0.178. The highest BCUT2D eigenvalue weighted by Crippen LogP contribution is 2.36. The normalized spacial score (nSPS) is 11.6. The molecule has 0 saturated heterocycles. The number of fused-ring (bicyclic) bond motifs is 1. The van der Waals surface area contributed by atoms with E-state index in [4.69, 9.17) is 9.90 Å². The fourth-order valence-corrected chi connectivity index (χ4v) is 4.63. The Morgan fingerprint density at radius 1 is 1.09 bits per heavy atom. The second-order valence-corrected chi connectivity index (χ2v) is 9.75. The number of rotatable bonds is 4. The van der Waals surface area contributed by atoms with Crippen LogP contribution in [0.4, 0.5) is 18.9 Å². The minimum Gasteiger partial charge on any atom is -0.475 e. The molecule has 184 valence electrons. The maximum Gasteiger partial charge on any atom is 0.490 e. The molecule has 0 aliphatic heterocycles. The third kappa shape index (κ3) is 6.22. The average Bonchev–Trinajstić information content (AvgIpc) is 3.21. The molecule has 0 unspecified atom stereocenters. The van der Waals surface area contributed by atoms with E-state index in [2.05, 4.69) is 14.8 Å². The summed E-state index contributed by atoms with van der Waals surface area (Å²) in [6.45, 7) is 0. The van der Waals surface area contributed by atoms with Crippen molar-refractivity contribution in [3.05, 3.63) is 64.5 Å². The molecule has 0 amide bonds. The van der Waals surface area contributed by atoms with E-state index >= 15 is 0 Å². The van der Waals surface area contributed by atoms with Gasteiger partial charge in [0.1, 0.15) is 5.69 Å². The quantitative estimate of drug-likeness (QED) is 0.414. The van der Waals surface area contributed by atoms with E-state index < -0.39 is 22.2 Å². The number of hydrogen-bond donors (Lipinski definition) is 2. The Balaban J connectivity index is 0.000000429. The molecule has 0 aliphatic rings. The number of benzene rings is 1. The molecule has 35 heavy (non-hydrogen) atoms. The van der Waals surface area contributed by atoms with Crippen molar-refractivity contribution in [3.8, 4) is 22.4 Å². The number of thiophene rings is 1. The van der Waals surface area contributed by atoms with Crippen LogP contribution in [0, 0.1) is 0 Å². The monoisotopic (exact) mass is 526 g/mol. The van der Waals surface area contributed by atoms with E-state index in [9.17, 15) is 26.4 Å². The molecule has 9 nitrogen and oxygen atoms in total. The number of aromatic nitrogens is 3. The molecule has 3 heterocycles. The van der Waals surface area contributed by atoms with Gasteiger partial charge in [0.15, 0.2) is 0 Å². The maximum absolute atomic E-state index is 12.8. The number of alkyl halides is 3. The number of pyridine rings is 1. The van der Waals surface area contributed by atoms with Gasteiger partial charge >= 0.3 is 12.1 Å². The first kappa shape index (κ1) is 25.8. The highest BCUT2D eigenvalue weighted by Gasteiger charge is 2.38. The van der Waals surface area contributed by atoms with Gasteiger partial charge < -0.3 is 5.11 Å². The van der Waals surface area contributed by atoms with Crippen LogP contribution in [0.15, 0.2) is 59.0 Å². The van der Waals surface area contributed by atoms with E-state index in [1.807, 2.05) is 17.5 Å². The van der Waals surface area contributed by atoms with E-state index in [-0.39, 0.29) is 5.56 Å². The molecule has 0 spiro atoms. The molecule has 2 N–H and O–H groups in total. The smallest absolute Gasteiger partial charge is 0.475 e. The number of carboxylic acids is 1. The molecule has 0 bridgehead atoms. The molecule has 0 atom stereocenters. The predicted molar refractivity (Wildman–Crippen MR) is 126 cm³/mol. The molecule has 14 heteroatoms. The van der Waals surface area contributed by atoms with E-state index in [0.717, 1.165) is 33.3 Å². The van der Waals surface area contributed by atoms with Crippen LogP contribution in [-0.2, 0) is 21.9 Å². The Morgan fingerprint density at radius 3 is 2.17 bits per heavy atom. The number of carbonyl (C=O) groups is 1.